The average Bonchev–Trinajstić information content (AvgIpc) is 2.55. The number of para-hydroxylation sites is 1. The van der Waals surface area contributed by atoms with Crippen LogP contribution < -0.4 is 10.1 Å². The molecule has 3 heteroatoms. The number of anilines is 1. The maximum absolute atomic E-state index is 12.6. The minimum Gasteiger partial charge on any atom is -0.493 e. The summed E-state index contributed by atoms with van der Waals surface area (Å²) >= 11 is 0. The molecule has 0 aliphatic heterocycles. The zero-order valence-electron chi connectivity index (χ0n) is 12.4. The van der Waals surface area contributed by atoms with Crippen LogP contribution in [0.5, 0.6) is 5.75 Å². The van der Waals surface area contributed by atoms with Gasteiger partial charge in [-0.2, -0.15) is 0 Å². The molecule has 0 unspecified atom stereocenters. The standard InChI is InChI=1S/C19H17NO2/c1-2-22-18-13-15-9-7-6-8-14(15)12-17(18)19(21)20-16-10-4-3-5-11-16/h3-13H,2H2,1H3,(H,20,21). The second-order valence-electron chi connectivity index (χ2n) is 4.95. The summed E-state index contributed by atoms with van der Waals surface area (Å²) in [7, 11) is 0. The number of ether oxygens (including phenoxy) is 1. The van der Waals surface area contributed by atoms with Gasteiger partial charge in [0.1, 0.15) is 5.75 Å². The maximum atomic E-state index is 12.6. The van der Waals surface area contributed by atoms with E-state index in [-0.39, 0.29) is 5.91 Å². The van der Waals surface area contributed by atoms with Gasteiger partial charge in [0.05, 0.1) is 12.2 Å². The summed E-state index contributed by atoms with van der Waals surface area (Å²) in [5.41, 5.74) is 1.31. The van der Waals surface area contributed by atoms with Crippen LogP contribution in [0, 0.1) is 0 Å². The number of hydrogen-bond acceptors (Lipinski definition) is 2. The summed E-state index contributed by atoms with van der Waals surface area (Å²) in [5, 5.41) is 4.98. The van der Waals surface area contributed by atoms with Crippen LogP contribution in [0.2, 0.25) is 0 Å². The molecular formula is C19H17NO2. The molecule has 0 saturated carbocycles. The molecule has 3 aromatic carbocycles. The second kappa shape index (κ2) is 6.31. The van der Waals surface area contributed by atoms with Crippen molar-refractivity contribution in [2.45, 2.75) is 6.92 Å². The predicted molar refractivity (Wildman–Crippen MR) is 89.5 cm³/mol. The van der Waals surface area contributed by atoms with Crippen LogP contribution in [-0.2, 0) is 0 Å². The largest absolute Gasteiger partial charge is 0.493 e. The first kappa shape index (κ1) is 14.1. The van der Waals surface area contributed by atoms with Gasteiger partial charge >= 0.3 is 0 Å². The first-order valence-electron chi connectivity index (χ1n) is 7.30. The van der Waals surface area contributed by atoms with Gasteiger partial charge in [0.25, 0.3) is 5.91 Å². The molecule has 22 heavy (non-hydrogen) atoms. The van der Waals surface area contributed by atoms with E-state index in [1.165, 1.54) is 0 Å². The molecule has 0 saturated heterocycles. The number of hydrogen-bond donors (Lipinski definition) is 1. The zero-order valence-corrected chi connectivity index (χ0v) is 12.4. The highest BCUT2D eigenvalue weighted by molar-refractivity contribution is 6.08. The molecule has 0 fully saturated rings. The van der Waals surface area contributed by atoms with Gasteiger partial charge < -0.3 is 10.1 Å². The van der Waals surface area contributed by atoms with Crippen LogP contribution in [-0.4, -0.2) is 12.5 Å². The summed E-state index contributed by atoms with van der Waals surface area (Å²) in [6.45, 7) is 2.43. The van der Waals surface area contributed by atoms with E-state index in [4.69, 9.17) is 4.74 Å². The lowest BCUT2D eigenvalue weighted by Gasteiger charge is -2.12. The normalized spacial score (nSPS) is 10.4. The third kappa shape index (κ3) is 2.93. The van der Waals surface area contributed by atoms with Gasteiger partial charge in [0, 0.05) is 5.69 Å². The highest BCUT2D eigenvalue weighted by Gasteiger charge is 2.14. The SMILES string of the molecule is CCOc1cc2ccccc2cc1C(=O)Nc1ccccc1. The van der Waals surface area contributed by atoms with E-state index in [9.17, 15) is 4.79 Å². The Kier molecular flexibility index (Phi) is 4.05. The Morgan fingerprint density at radius 2 is 1.59 bits per heavy atom. The molecule has 0 bridgehead atoms. The lowest BCUT2D eigenvalue weighted by molar-refractivity contribution is 0.102. The fourth-order valence-electron chi connectivity index (χ4n) is 2.39. The van der Waals surface area contributed by atoms with Gasteiger partial charge in [-0.25, -0.2) is 0 Å². The molecule has 0 spiro atoms. The highest BCUT2D eigenvalue weighted by atomic mass is 16.5. The van der Waals surface area contributed by atoms with Crippen molar-refractivity contribution in [2.75, 3.05) is 11.9 Å². The molecule has 0 aromatic heterocycles. The van der Waals surface area contributed by atoms with E-state index in [1.807, 2.05) is 73.7 Å². The monoisotopic (exact) mass is 291 g/mol. The van der Waals surface area contributed by atoms with Gasteiger partial charge in [0.15, 0.2) is 0 Å². The van der Waals surface area contributed by atoms with Gasteiger partial charge in [0.2, 0.25) is 0 Å². The summed E-state index contributed by atoms with van der Waals surface area (Å²) in [6.07, 6.45) is 0. The van der Waals surface area contributed by atoms with Crippen LogP contribution >= 0.6 is 0 Å². The van der Waals surface area contributed by atoms with Crippen LogP contribution in [0.1, 0.15) is 17.3 Å². The van der Waals surface area contributed by atoms with Crippen LogP contribution in [0.15, 0.2) is 66.7 Å². The smallest absolute Gasteiger partial charge is 0.259 e. The zero-order chi connectivity index (χ0) is 15.4. The fraction of sp³-hybridized carbons (Fsp3) is 0.105. The Morgan fingerprint density at radius 1 is 0.955 bits per heavy atom. The minimum absolute atomic E-state index is 0.166. The molecule has 0 atom stereocenters. The van der Waals surface area contributed by atoms with Crippen LogP contribution in [0.4, 0.5) is 5.69 Å². The molecule has 3 aromatic rings. The Hall–Kier alpha value is -2.81. The molecule has 3 nitrogen and oxygen atoms in total. The van der Waals surface area contributed by atoms with Gasteiger partial charge in [-0.3, -0.25) is 4.79 Å². The fourth-order valence-corrected chi connectivity index (χ4v) is 2.39. The topological polar surface area (TPSA) is 38.3 Å². The van der Waals surface area contributed by atoms with E-state index >= 15 is 0 Å². The number of carbonyl (C=O) groups excluding carboxylic acids is 1. The summed E-state index contributed by atoms with van der Waals surface area (Å²) < 4.78 is 5.64. The van der Waals surface area contributed by atoms with Crippen molar-refractivity contribution in [3.63, 3.8) is 0 Å². The number of rotatable bonds is 4. The van der Waals surface area contributed by atoms with Crippen molar-refractivity contribution in [3.8, 4) is 5.75 Å². The quantitative estimate of drug-likeness (QED) is 0.769. The van der Waals surface area contributed by atoms with Crippen molar-refractivity contribution < 1.29 is 9.53 Å². The second-order valence-corrected chi connectivity index (χ2v) is 4.95. The molecule has 3 rings (SSSR count). The molecule has 0 aliphatic carbocycles. The lowest BCUT2D eigenvalue weighted by Crippen LogP contribution is -2.13. The van der Waals surface area contributed by atoms with E-state index in [2.05, 4.69) is 5.32 Å². The predicted octanol–water partition coefficient (Wildman–Crippen LogP) is 4.49. The van der Waals surface area contributed by atoms with Crippen molar-refractivity contribution in [1.29, 1.82) is 0 Å². The third-order valence-electron chi connectivity index (χ3n) is 3.42. The molecule has 1 N–H and O–H groups in total. The molecule has 0 radical (unpaired) electrons. The van der Waals surface area contributed by atoms with Gasteiger partial charge in [-0.1, -0.05) is 42.5 Å². The molecule has 0 aliphatic rings. The summed E-state index contributed by atoms with van der Waals surface area (Å²) in [4.78, 5) is 12.6. The third-order valence-corrected chi connectivity index (χ3v) is 3.42. The van der Waals surface area contributed by atoms with Crippen LogP contribution in [0.25, 0.3) is 10.8 Å². The number of carbonyl (C=O) groups is 1. The Balaban J connectivity index is 2.00. The number of benzene rings is 3. The molecule has 110 valence electrons. The minimum atomic E-state index is -0.166. The van der Waals surface area contributed by atoms with E-state index in [1.54, 1.807) is 0 Å². The first-order chi connectivity index (χ1) is 10.8. The average molecular weight is 291 g/mol. The Bertz CT molecular complexity index is 797. The molecular weight excluding hydrogens is 274 g/mol. The number of nitrogens with one attached hydrogen (secondary N) is 1. The van der Waals surface area contributed by atoms with Crippen molar-refractivity contribution in [2.24, 2.45) is 0 Å². The molecule has 1 amide bonds. The van der Waals surface area contributed by atoms with Crippen molar-refractivity contribution >= 4 is 22.4 Å². The lowest BCUT2D eigenvalue weighted by atomic mass is 10.1. The maximum Gasteiger partial charge on any atom is 0.259 e. The Morgan fingerprint density at radius 3 is 2.27 bits per heavy atom. The highest BCUT2D eigenvalue weighted by Crippen LogP contribution is 2.27. The van der Waals surface area contributed by atoms with Crippen molar-refractivity contribution in [3.05, 3.63) is 72.3 Å². The van der Waals surface area contributed by atoms with Gasteiger partial charge in [-0.15, -0.1) is 0 Å². The van der Waals surface area contributed by atoms with E-state index < -0.39 is 0 Å². The Labute approximate surface area is 129 Å². The summed E-state index contributed by atoms with van der Waals surface area (Å²) in [5.74, 6) is 0.440. The number of amides is 1. The summed E-state index contributed by atoms with van der Waals surface area (Å²) in [6, 6.07) is 21.1. The first-order valence-corrected chi connectivity index (χ1v) is 7.30. The number of fused-ring (bicyclic) bond motifs is 1. The van der Waals surface area contributed by atoms with Gasteiger partial charge in [-0.05, 0) is 42.0 Å². The van der Waals surface area contributed by atoms with Crippen molar-refractivity contribution in [1.82, 2.24) is 0 Å². The molecule has 0 heterocycles. The van der Waals surface area contributed by atoms with E-state index in [0.717, 1.165) is 16.5 Å². The van der Waals surface area contributed by atoms with Crippen LogP contribution in [0.3, 0.4) is 0 Å². The van der Waals surface area contributed by atoms with E-state index in [0.29, 0.717) is 17.9 Å².